The fraction of sp³-hybridized carbons (Fsp3) is 0.368. The topological polar surface area (TPSA) is 83.6 Å². The highest BCUT2D eigenvalue weighted by Crippen LogP contribution is 2.27. The quantitative estimate of drug-likeness (QED) is 0.796. The van der Waals surface area contributed by atoms with Gasteiger partial charge in [0, 0.05) is 13.1 Å². The van der Waals surface area contributed by atoms with Crippen LogP contribution in [0.15, 0.2) is 53.4 Å². The molecule has 8 heteroatoms. The summed E-state index contributed by atoms with van der Waals surface area (Å²) in [5.41, 5.74) is 2.04. The first-order chi connectivity index (χ1) is 12.8. The van der Waals surface area contributed by atoms with Crippen LogP contribution in [-0.2, 0) is 26.5 Å². The lowest BCUT2D eigenvalue weighted by atomic mass is 10.2. The molecule has 0 radical (unpaired) electrons. The van der Waals surface area contributed by atoms with Gasteiger partial charge in [0.2, 0.25) is 20.0 Å². The minimum absolute atomic E-state index is 0.0955. The Labute approximate surface area is 161 Å². The third kappa shape index (κ3) is 4.69. The number of sulfonamides is 2. The third-order valence-electron chi connectivity index (χ3n) is 4.65. The molecule has 1 saturated heterocycles. The Morgan fingerprint density at radius 2 is 1.81 bits per heavy atom. The van der Waals surface area contributed by atoms with E-state index in [0.717, 1.165) is 12.0 Å². The first-order valence-electron chi connectivity index (χ1n) is 8.94. The zero-order valence-corrected chi connectivity index (χ0v) is 16.9. The van der Waals surface area contributed by atoms with Gasteiger partial charge in [0.1, 0.15) is 0 Å². The van der Waals surface area contributed by atoms with Crippen LogP contribution in [0.4, 0.5) is 5.69 Å². The summed E-state index contributed by atoms with van der Waals surface area (Å²) in [7, 11) is -7.12. The SMILES string of the molecule is Cc1ccc(N2CCCCS2(=O)=O)cc1S(=O)(=O)NCCc1ccccc1. The second kappa shape index (κ2) is 8.00. The second-order valence-electron chi connectivity index (χ2n) is 6.68. The number of nitrogens with one attached hydrogen (secondary N) is 1. The van der Waals surface area contributed by atoms with E-state index in [2.05, 4.69) is 4.72 Å². The van der Waals surface area contributed by atoms with Gasteiger partial charge >= 0.3 is 0 Å². The van der Waals surface area contributed by atoms with Gasteiger partial charge in [0.15, 0.2) is 0 Å². The van der Waals surface area contributed by atoms with E-state index in [4.69, 9.17) is 0 Å². The molecule has 6 nitrogen and oxygen atoms in total. The standard InChI is InChI=1S/C19H24N2O4S2/c1-16-9-10-18(21-13-5-6-14-26(21,22)23)15-19(16)27(24,25)20-12-11-17-7-3-2-4-8-17/h2-4,7-10,15,20H,5-6,11-14H2,1H3. The Hall–Kier alpha value is -1.90. The summed E-state index contributed by atoms with van der Waals surface area (Å²) in [5, 5.41) is 0. The van der Waals surface area contributed by atoms with Crippen LogP contribution in [-0.4, -0.2) is 35.7 Å². The summed E-state index contributed by atoms with van der Waals surface area (Å²) in [4.78, 5) is 0.119. The number of anilines is 1. The molecule has 0 bridgehead atoms. The molecule has 3 rings (SSSR count). The fourth-order valence-electron chi connectivity index (χ4n) is 3.16. The first kappa shape index (κ1) is 19.9. The number of rotatable bonds is 6. The van der Waals surface area contributed by atoms with E-state index in [9.17, 15) is 16.8 Å². The van der Waals surface area contributed by atoms with Gasteiger partial charge in [-0.05, 0) is 49.4 Å². The third-order valence-corrected chi connectivity index (χ3v) is 8.12. The van der Waals surface area contributed by atoms with E-state index in [1.807, 2.05) is 30.3 Å². The molecule has 1 aliphatic rings. The monoisotopic (exact) mass is 408 g/mol. The smallest absolute Gasteiger partial charge is 0.240 e. The van der Waals surface area contributed by atoms with Crippen molar-refractivity contribution in [3.8, 4) is 0 Å². The zero-order chi connectivity index (χ0) is 19.5. The molecule has 146 valence electrons. The molecule has 27 heavy (non-hydrogen) atoms. The predicted octanol–water partition coefficient (Wildman–Crippen LogP) is 2.45. The maximum Gasteiger partial charge on any atom is 0.240 e. The van der Waals surface area contributed by atoms with E-state index >= 15 is 0 Å². The Kier molecular flexibility index (Phi) is 5.88. The van der Waals surface area contributed by atoms with Crippen molar-refractivity contribution in [2.24, 2.45) is 0 Å². The maximum absolute atomic E-state index is 12.8. The highest BCUT2D eigenvalue weighted by Gasteiger charge is 2.27. The van der Waals surface area contributed by atoms with Crippen LogP contribution in [0.2, 0.25) is 0 Å². The van der Waals surface area contributed by atoms with Crippen molar-refractivity contribution in [3.05, 3.63) is 59.7 Å². The summed E-state index contributed by atoms with van der Waals surface area (Å²) in [6.07, 6.45) is 1.99. The summed E-state index contributed by atoms with van der Waals surface area (Å²) < 4.78 is 54.1. The summed E-state index contributed by atoms with van der Waals surface area (Å²) >= 11 is 0. The minimum Gasteiger partial charge on any atom is -0.270 e. The Bertz CT molecular complexity index is 1000. The van der Waals surface area contributed by atoms with Crippen LogP contribution < -0.4 is 9.03 Å². The van der Waals surface area contributed by atoms with E-state index < -0.39 is 20.0 Å². The number of hydrogen-bond acceptors (Lipinski definition) is 4. The van der Waals surface area contributed by atoms with Crippen molar-refractivity contribution in [1.82, 2.24) is 4.72 Å². The van der Waals surface area contributed by atoms with Gasteiger partial charge < -0.3 is 0 Å². The molecule has 0 unspecified atom stereocenters. The zero-order valence-electron chi connectivity index (χ0n) is 15.3. The number of aryl methyl sites for hydroxylation is 1. The molecule has 0 saturated carbocycles. The minimum atomic E-state index is -3.73. The van der Waals surface area contributed by atoms with Crippen molar-refractivity contribution in [2.75, 3.05) is 23.1 Å². The molecular formula is C19H24N2O4S2. The van der Waals surface area contributed by atoms with Crippen LogP contribution >= 0.6 is 0 Å². The van der Waals surface area contributed by atoms with Crippen molar-refractivity contribution >= 4 is 25.7 Å². The van der Waals surface area contributed by atoms with Crippen LogP contribution in [0.1, 0.15) is 24.0 Å². The molecule has 0 aliphatic carbocycles. The number of hydrogen-bond donors (Lipinski definition) is 1. The molecular weight excluding hydrogens is 384 g/mol. The molecule has 0 atom stereocenters. The first-order valence-corrected chi connectivity index (χ1v) is 12.0. The molecule has 1 fully saturated rings. The summed E-state index contributed by atoms with van der Waals surface area (Å²) in [6.45, 7) is 2.37. The predicted molar refractivity (Wildman–Crippen MR) is 107 cm³/mol. The van der Waals surface area contributed by atoms with Crippen molar-refractivity contribution in [2.45, 2.75) is 31.1 Å². The lowest BCUT2D eigenvalue weighted by Crippen LogP contribution is -2.38. The van der Waals surface area contributed by atoms with Gasteiger partial charge in [-0.15, -0.1) is 0 Å². The van der Waals surface area contributed by atoms with Gasteiger partial charge in [-0.2, -0.15) is 0 Å². The average Bonchev–Trinajstić information content (AvgIpc) is 2.63. The average molecular weight is 409 g/mol. The number of nitrogens with zero attached hydrogens (tertiary/aromatic N) is 1. The van der Waals surface area contributed by atoms with Gasteiger partial charge in [0.05, 0.1) is 16.3 Å². The van der Waals surface area contributed by atoms with Gasteiger partial charge in [-0.1, -0.05) is 36.4 Å². The van der Waals surface area contributed by atoms with E-state index in [1.165, 1.54) is 10.4 Å². The van der Waals surface area contributed by atoms with Crippen molar-refractivity contribution in [3.63, 3.8) is 0 Å². The molecule has 0 aromatic heterocycles. The van der Waals surface area contributed by atoms with Crippen molar-refractivity contribution in [1.29, 1.82) is 0 Å². The van der Waals surface area contributed by atoms with Crippen LogP contribution in [0, 0.1) is 6.92 Å². The Balaban J connectivity index is 1.80. The molecule has 1 aliphatic heterocycles. The van der Waals surface area contributed by atoms with Gasteiger partial charge in [0.25, 0.3) is 0 Å². The molecule has 1 heterocycles. The highest BCUT2D eigenvalue weighted by molar-refractivity contribution is 7.92. The molecule has 2 aromatic carbocycles. The van der Waals surface area contributed by atoms with E-state index in [1.54, 1.807) is 19.1 Å². The fourth-order valence-corrected chi connectivity index (χ4v) is 6.09. The summed E-state index contributed by atoms with van der Waals surface area (Å²) in [5.74, 6) is 0.0955. The van der Waals surface area contributed by atoms with Gasteiger partial charge in [-0.25, -0.2) is 21.6 Å². The van der Waals surface area contributed by atoms with Crippen LogP contribution in [0.5, 0.6) is 0 Å². The van der Waals surface area contributed by atoms with E-state index in [0.29, 0.717) is 30.6 Å². The molecule has 0 amide bonds. The molecule has 1 N–H and O–H groups in total. The Morgan fingerprint density at radius 3 is 2.52 bits per heavy atom. The number of benzene rings is 2. The normalized spacial score (nSPS) is 17.0. The van der Waals surface area contributed by atoms with Gasteiger partial charge in [-0.3, -0.25) is 4.31 Å². The molecule has 2 aromatic rings. The van der Waals surface area contributed by atoms with Crippen LogP contribution in [0.25, 0.3) is 0 Å². The lowest BCUT2D eigenvalue weighted by Gasteiger charge is -2.28. The lowest BCUT2D eigenvalue weighted by molar-refractivity contribution is 0.573. The summed E-state index contributed by atoms with van der Waals surface area (Å²) in [6, 6.07) is 14.4. The van der Waals surface area contributed by atoms with Crippen molar-refractivity contribution < 1.29 is 16.8 Å². The second-order valence-corrected chi connectivity index (χ2v) is 10.4. The maximum atomic E-state index is 12.8. The molecule has 0 spiro atoms. The Morgan fingerprint density at radius 1 is 1.07 bits per heavy atom. The van der Waals surface area contributed by atoms with Crippen LogP contribution in [0.3, 0.4) is 0 Å². The van der Waals surface area contributed by atoms with E-state index in [-0.39, 0.29) is 17.2 Å². The largest absolute Gasteiger partial charge is 0.270 e. The highest BCUT2D eigenvalue weighted by atomic mass is 32.2.